The Bertz CT molecular complexity index is 1020. The second-order valence-electron chi connectivity index (χ2n) is 8.46. The van der Waals surface area contributed by atoms with Gasteiger partial charge in [0.05, 0.1) is 16.7 Å². The Morgan fingerprint density at radius 2 is 2.03 bits per heavy atom. The quantitative estimate of drug-likeness (QED) is 0.641. The molecule has 1 aliphatic heterocycles. The number of nitrogens with zero attached hydrogens (tertiary/aromatic N) is 1. The first-order chi connectivity index (χ1) is 13.9. The molecule has 30 heavy (non-hydrogen) atoms. The van der Waals surface area contributed by atoms with Gasteiger partial charge in [0.15, 0.2) is 0 Å². The van der Waals surface area contributed by atoms with E-state index in [0.717, 1.165) is 30.1 Å². The molecule has 0 spiro atoms. The number of carbonyl (C=O) groups is 1. The number of nitrogens with one attached hydrogen (secondary N) is 3. The number of hydrogen-bond acceptors (Lipinski definition) is 7. The molecular weight excluding hydrogens is 424 g/mol. The number of anilines is 1. The van der Waals surface area contributed by atoms with Gasteiger partial charge in [-0.25, -0.2) is 22.9 Å². The van der Waals surface area contributed by atoms with Crippen LogP contribution < -0.4 is 15.4 Å². The van der Waals surface area contributed by atoms with E-state index in [2.05, 4.69) is 15.4 Å². The Kier molecular flexibility index (Phi) is 6.51. The maximum absolute atomic E-state index is 13.2. The lowest BCUT2D eigenvalue weighted by atomic mass is 10.1. The van der Waals surface area contributed by atoms with Crippen LogP contribution in [-0.2, 0) is 27.7 Å². The minimum absolute atomic E-state index is 0.0684. The zero-order valence-corrected chi connectivity index (χ0v) is 19.5. The maximum Gasteiger partial charge on any atom is 0.411 e. The molecule has 3 N–H and O–H groups in total. The summed E-state index contributed by atoms with van der Waals surface area (Å²) in [4.78, 5) is 17.9. The average Bonchev–Trinajstić information content (AvgIpc) is 3.02. The van der Waals surface area contributed by atoms with Crippen LogP contribution in [0.1, 0.15) is 45.2 Å². The fourth-order valence-electron chi connectivity index (χ4n) is 3.06. The summed E-state index contributed by atoms with van der Waals surface area (Å²) in [5, 5.41) is 6.55. The fraction of sp³-hybridized carbons (Fsp3) is 0.500. The highest BCUT2D eigenvalue weighted by Gasteiger charge is 2.28. The number of carbonyl (C=O) groups excluding carboxylic acids is 1. The Morgan fingerprint density at radius 1 is 1.30 bits per heavy atom. The van der Waals surface area contributed by atoms with E-state index in [-0.39, 0.29) is 11.0 Å². The normalized spacial score (nSPS) is 14.5. The molecule has 0 saturated carbocycles. The molecule has 3 rings (SSSR count). The smallest absolute Gasteiger partial charge is 0.411 e. The minimum atomic E-state index is -3.87. The van der Waals surface area contributed by atoms with Gasteiger partial charge in [-0.05, 0) is 52.8 Å². The first kappa shape index (κ1) is 22.7. The highest BCUT2D eigenvalue weighted by Crippen LogP contribution is 2.35. The summed E-state index contributed by atoms with van der Waals surface area (Å²) in [5.74, 6) is 0. The Morgan fingerprint density at radius 3 is 2.67 bits per heavy atom. The van der Waals surface area contributed by atoms with E-state index < -0.39 is 21.7 Å². The molecule has 0 saturated heterocycles. The van der Waals surface area contributed by atoms with E-state index in [1.165, 1.54) is 17.4 Å². The van der Waals surface area contributed by atoms with Crippen molar-refractivity contribution in [2.24, 2.45) is 0 Å². The van der Waals surface area contributed by atoms with E-state index in [0.29, 0.717) is 16.3 Å². The summed E-state index contributed by atoms with van der Waals surface area (Å²) >= 11 is 1.49. The van der Waals surface area contributed by atoms with Gasteiger partial charge in [-0.1, -0.05) is 0 Å². The van der Waals surface area contributed by atoms with E-state index >= 15 is 0 Å². The van der Waals surface area contributed by atoms with Crippen molar-refractivity contribution in [2.45, 2.75) is 64.1 Å². The Hall–Kier alpha value is -2.01. The number of fused-ring (bicyclic) bond motifs is 1. The van der Waals surface area contributed by atoms with Gasteiger partial charge in [0, 0.05) is 41.2 Å². The average molecular weight is 453 g/mol. The van der Waals surface area contributed by atoms with Crippen molar-refractivity contribution in [3.8, 4) is 10.6 Å². The SMILES string of the molecule is CC(C)OC(=O)Nc1ccc(-c2nc3c(s2)CNCC3)c(S(=O)(=O)NC(C)(C)C)c1. The summed E-state index contributed by atoms with van der Waals surface area (Å²) in [6.45, 7) is 10.4. The van der Waals surface area contributed by atoms with Crippen molar-refractivity contribution in [1.82, 2.24) is 15.0 Å². The summed E-state index contributed by atoms with van der Waals surface area (Å²) in [6, 6.07) is 4.79. The van der Waals surface area contributed by atoms with Crippen molar-refractivity contribution in [1.29, 1.82) is 0 Å². The largest absolute Gasteiger partial charge is 0.447 e. The zero-order chi connectivity index (χ0) is 22.1. The van der Waals surface area contributed by atoms with Gasteiger partial charge in [-0.15, -0.1) is 11.3 Å². The third-order valence-electron chi connectivity index (χ3n) is 4.13. The first-order valence-corrected chi connectivity index (χ1v) is 12.1. The van der Waals surface area contributed by atoms with Crippen LogP contribution in [-0.4, -0.2) is 37.7 Å². The predicted octanol–water partition coefficient (Wildman–Crippen LogP) is 3.49. The maximum atomic E-state index is 13.2. The summed E-state index contributed by atoms with van der Waals surface area (Å²) < 4.78 is 34.2. The van der Waals surface area contributed by atoms with Crippen LogP contribution in [0.4, 0.5) is 10.5 Å². The number of sulfonamides is 1. The standard InChI is InChI=1S/C20H28N4O4S2/c1-12(2)28-19(25)22-13-6-7-14(17(10-13)30(26,27)24-20(3,4)5)18-23-15-8-9-21-11-16(15)29-18/h6-7,10,12,21,24H,8-9,11H2,1-5H3,(H,22,25). The third-order valence-corrected chi connectivity index (χ3v) is 7.06. The lowest BCUT2D eigenvalue weighted by Gasteiger charge is -2.22. The topological polar surface area (TPSA) is 109 Å². The van der Waals surface area contributed by atoms with Crippen molar-refractivity contribution in [3.63, 3.8) is 0 Å². The monoisotopic (exact) mass is 452 g/mol. The second kappa shape index (κ2) is 8.62. The molecular formula is C20H28N4O4S2. The number of thiazole rings is 1. The molecule has 1 aromatic heterocycles. The molecule has 0 fully saturated rings. The van der Waals surface area contributed by atoms with Crippen molar-refractivity contribution < 1.29 is 17.9 Å². The lowest BCUT2D eigenvalue weighted by Crippen LogP contribution is -2.40. The van der Waals surface area contributed by atoms with Crippen LogP contribution in [0.3, 0.4) is 0 Å². The van der Waals surface area contributed by atoms with E-state index in [9.17, 15) is 13.2 Å². The molecule has 2 heterocycles. The molecule has 2 aromatic rings. The van der Waals surface area contributed by atoms with Gasteiger partial charge < -0.3 is 10.1 Å². The van der Waals surface area contributed by atoms with E-state index in [1.54, 1.807) is 46.8 Å². The number of hydrogen-bond donors (Lipinski definition) is 3. The highest BCUT2D eigenvalue weighted by molar-refractivity contribution is 7.89. The third kappa shape index (κ3) is 5.57. The van der Waals surface area contributed by atoms with Crippen LogP contribution in [0, 0.1) is 0 Å². The van der Waals surface area contributed by atoms with Gasteiger partial charge in [0.1, 0.15) is 5.01 Å². The molecule has 0 atom stereocenters. The van der Waals surface area contributed by atoms with E-state index in [1.807, 2.05) is 0 Å². The Labute approximate surface area is 181 Å². The van der Waals surface area contributed by atoms with Crippen molar-refractivity contribution in [3.05, 3.63) is 28.8 Å². The molecule has 8 nitrogen and oxygen atoms in total. The van der Waals surface area contributed by atoms with Crippen LogP contribution >= 0.6 is 11.3 Å². The van der Waals surface area contributed by atoms with E-state index in [4.69, 9.17) is 9.72 Å². The van der Waals surface area contributed by atoms with Crippen LogP contribution in [0.5, 0.6) is 0 Å². The number of ether oxygens (including phenoxy) is 1. The van der Waals surface area contributed by atoms with Gasteiger partial charge in [0.2, 0.25) is 10.0 Å². The molecule has 0 radical (unpaired) electrons. The molecule has 164 valence electrons. The van der Waals surface area contributed by atoms with Crippen molar-refractivity contribution >= 4 is 33.1 Å². The number of aromatic nitrogens is 1. The fourth-order valence-corrected chi connectivity index (χ4v) is 5.89. The van der Waals surface area contributed by atoms with Crippen LogP contribution in [0.25, 0.3) is 10.6 Å². The molecule has 1 aromatic carbocycles. The highest BCUT2D eigenvalue weighted by atomic mass is 32.2. The van der Waals surface area contributed by atoms with Crippen LogP contribution in [0.2, 0.25) is 0 Å². The zero-order valence-electron chi connectivity index (χ0n) is 17.8. The Balaban J connectivity index is 2.05. The number of benzene rings is 1. The summed E-state index contributed by atoms with van der Waals surface area (Å²) in [6.07, 6.45) is -0.111. The first-order valence-electron chi connectivity index (χ1n) is 9.80. The summed E-state index contributed by atoms with van der Waals surface area (Å²) in [7, 11) is -3.87. The molecule has 0 bridgehead atoms. The number of amides is 1. The molecule has 10 heteroatoms. The molecule has 0 unspecified atom stereocenters. The second-order valence-corrected chi connectivity index (χ2v) is 11.2. The van der Waals surface area contributed by atoms with Gasteiger partial charge in [-0.2, -0.15) is 0 Å². The molecule has 1 aliphatic rings. The number of rotatable bonds is 5. The van der Waals surface area contributed by atoms with Gasteiger partial charge >= 0.3 is 6.09 Å². The lowest BCUT2D eigenvalue weighted by molar-refractivity contribution is 0.130. The van der Waals surface area contributed by atoms with Gasteiger partial charge in [0.25, 0.3) is 0 Å². The predicted molar refractivity (Wildman–Crippen MR) is 118 cm³/mol. The van der Waals surface area contributed by atoms with Crippen molar-refractivity contribution in [2.75, 3.05) is 11.9 Å². The molecule has 0 aliphatic carbocycles. The molecule has 1 amide bonds. The van der Waals surface area contributed by atoms with Gasteiger partial charge in [-0.3, -0.25) is 5.32 Å². The summed E-state index contributed by atoms with van der Waals surface area (Å²) in [5.41, 5.74) is 1.18. The minimum Gasteiger partial charge on any atom is -0.447 e. The van der Waals surface area contributed by atoms with Crippen LogP contribution in [0.15, 0.2) is 23.1 Å².